The van der Waals surface area contributed by atoms with Crippen molar-refractivity contribution in [1.29, 1.82) is 0 Å². The Kier molecular flexibility index (Phi) is 3.64. The number of benzene rings is 2. The molecule has 2 aromatic rings. The lowest BCUT2D eigenvalue weighted by molar-refractivity contribution is 0.416. The van der Waals surface area contributed by atoms with Crippen LogP contribution in [0.3, 0.4) is 0 Å². The standard InChI is InChI=1S/C14H12ClFO/c1-17-14-7-2-10(9-15)8-13(14)11-3-5-12(16)6-4-11/h2-8H,9H2,1H3. The van der Waals surface area contributed by atoms with Gasteiger partial charge in [-0.25, -0.2) is 4.39 Å². The van der Waals surface area contributed by atoms with Gasteiger partial charge in [-0.1, -0.05) is 18.2 Å². The van der Waals surface area contributed by atoms with E-state index < -0.39 is 0 Å². The minimum Gasteiger partial charge on any atom is -0.496 e. The van der Waals surface area contributed by atoms with Crippen LogP contribution >= 0.6 is 11.6 Å². The van der Waals surface area contributed by atoms with Crippen molar-refractivity contribution in [2.45, 2.75) is 5.88 Å². The zero-order chi connectivity index (χ0) is 12.3. The third kappa shape index (κ3) is 2.59. The first-order chi connectivity index (χ1) is 8.24. The predicted octanol–water partition coefficient (Wildman–Crippen LogP) is 4.24. The number of methoxy groups -OCH3 is 1. The van der Waals surface area contributed by atoms with Gasteiger partial charge >= 0.3 is 0 Å². The maximum atomic E-state index is 12.9. The predicted molar refractivity (Wildman–Crippen MR) is 67.9 cm³/mol. The molecular weight excluding hydrogens is 239 g/mol. The van der Waals surface area contributed by atoms with Crippen molar-refractivity contribution in [2.24, 2.45) is 0 Å². The second kappa shape index (κ2) is 5.19. The van der Waals surface area contributed by atoms with Crippen LogP contribution in [0, 0.1) is 5.82 Å². The van der Waals surface area contributed by atoms with Crippen molar-refractivity contribution in [3.05, 3.63) is 53.8 Å². The van der Waals surface area contributed by atoms with Gasteiger partial charge < -0.3 is 4.74 Å². The van der Waals surface area contributed by atoms with Gasteiger partial charge in [-0.05, 0) is 35.4 Å². The van der Waals surface area contributed by atoms with Crippen LogP contribution in [0.2, 0.25) is 0 Å². The molecule has 0 atom stereocenters. The SMILES string of the molecule is COc1ccc(CCl)cc1-c1ccc(F)cc1. The van der Waals surface area contributed by atoms with Crippen LogP contribution in [0.25, 0.3) is 11.1 Å². The number of hydrogen-bond acceptors (Lipinski definition) is 1. The van der Waals surface area contributed by atoms with Gasteiger partial charge in [-0.15, -0.1) is 11.6 Å². The summed E-state index contributed by atoms with van der Waals surface area (Å²) in [5.74, 6) is 0.949. The van der Waals surface area contributed by atoms with E-state index in [1.807, 2.05) is 18.2 Å². The number of alkyl halides is 1. The highest BCUT2D eigenvalue weighted by molar-refractivity contribution is 6.17. The fourth-order valence-electron chi connectivity index (χ4n) is 1.69. The third-order valence-electron chi connectivity index (χ3n) is 2.57. The molecule has 0 saturated carbocycles. The first kappa shape index (κ1) is 11.9. The molecule has 0 amide bonds. The van der Waals surface area contributed by atoms with Gasteiger partial charge in [0.25, 0.3) is 0 Å². The van der Waals surface area contributed by atoms with Crippen molar-refractivity contribution in [3.63, 3.8) is 0 Å². The summed E-state index contributed by atoms with van der Waals surface area (Å²) in [4.78, 5) is 0. The molecule has 2 rings (SSSR count). The van der Waals surface area contributed by atoms with Crippen molar-refractivity contribution < 1.29 is 9.13 Å². The monoisotopic (exact) mass is 250 g/mol. The number of halogens is 2. The molecule has 0 N–H and O–H groups in total. The van der Waals surface area contributed by atoms with Crippen molar-refractivity contribution in [1.82, 2.24) is 0 Å². The molecular formula is C14H12ClFO. The van der Waals surface area contributed by atoms with Gasteiger partial charge in [0.05, 0.1) is 7.11 Å². The Hall–Kier alpha value is -1.54. The summed E-state index contributed by atoms with van der Waals surface area (Å²) < 4.78 is 18.2. The average molecular weight is 251 g/mol. The van der Waals surface area contributed by atoms with E-state index in [0.717, 1.165) is 22.4 Å². The van der Waals surface area contributed by atoms with E-state index in [4.69, 9.17) is 16.3 Å². The van der Waals surface area contributed by atoms with Crippen LogP contribution in [0.15, 0.2) is 42.5 Å². The fourth-order valence-corrected chi connectivity index (χ4v) is 1.86. The Morgan fingerprint density at radius 2 is 1.82 bits per heavy atom. The highest BCUT2D eigenvalue weighted by Gasteiger charge is 2.06. The summed E-state index contributed by atoms with van der Waals surface area (Å²) in [5.41, 5.74) is 2.84. The molecule has 0 bridgehead atoms. The van der Waals surface area contributed by atoms with Crippen LogP contribution in [0.5, 0.6) is 5.75 Å². The number of ether oxygens (including phenoxy) is 1. The van der Waals surface area contributed by atoms with Crippen LogP contribution < -0.4 is 4.74 Å². The van der Waals surface area contributed by atoms with Crippen molar-refractivity contribution in [2.75, 3.05) is 7.11 Å². The molecule has 0 aliphatic rings. The summed E-state index contributed by atoms with van der Waals surface area (Å²) >= 11 is 5.81. The summed E-state index contributed by atoms with van der Waals surface area (Å²) in [7, 11) is 1.61. The van der Waals surface area contributed by atoms with Gasteiger partial charge in [0.1, 0.15) is 11.6 Å². The molecule has 17 heavy (non-hydrogen) atoms. The van der Waals surface area contributed by atoms with Crippen LogP contribution in [-0.4, -0.2) is 7.11 Å². The van der Waals surface area contributed by atoms with Gasteiger partial charge in [-0.3, -0.25) is 0 Å². The zero-order valence-electron chi connectivity index (χ0n) is 9.41. The molecule has 0 aromatic heterocycles. The molecule has 0 heterocycles. The Balaban J connectivity index is 2.51. The zero-order valence-corrected chi connectivity index (χ0v) is 10.2. The number of rotatable bonds is 3. The minimum atomic E-state index is -0.249. The quantitative estimate of drug-likeness (QED) is 0.741. The lowest BCUT2D eigenvalue weighted by atomic mass is 10.0. The second-order valence-corrected chi connectivity index (χ2v) is 3.94. The summed E-state index contributed by atoms with van der Waals surface area (Å²) in [6.45, 7) is 0. The topological polar surface area (TPSA) is 9.23 Å². The van der Waals surface area contributed by atoms with Crippen LogP contribution in [0.1, 0.15) is 5.56 Å². The van der Waals surface area contributed by atoms with Crippen molar-refractivity contribution in [3.8, 4) is 16.9 Å². The molecule has 0 fully saturated rings. The van der Waals surface area contributed by atoms with Gasteiger partial charge in [0, 0.05) is 11.4 Å². The Morgan fingerprint density at radius 3 is 2.41 bits per heavy atom. The summed E-state index contributed by atoms with van der Waals surface area (Å²) in [5, 5.41) is 0. The Morgan fingerprint density at radius 1 is 1.12 bits per heavy atom. The van der Waals surface area contributed by atoms with E-state index in [0.29, 0.717) is 5.88 Å². The first-order valence-electron chi connectivity index (χ1n) is 5.23. The molecule has 88 valence electrons. The lowest BCUT2D eigenvalue weighted by Gasteiger charge is -2.10. The largest absolute Gasteiger partial charge is 0.496 e. The van der Waals surface area contributed by atoms with E-state index in [9.17, 15) is 4.39 Å². The van der Waals surface area contributed by atoms with Gasteiger partial charge in [0.2, 0.25) is 0 Å². The average Bonchev–Trinajstić information content (AvgIpc) is 2.39. The molecule has 0 radical (unpaired) electrons. The third-order valence-corrected chi connectivity index (χ3v) is 2.88. The molecule has 3 heteroatoms. The van der Waals surface area contributed by atoms with Gasteiger partial charge in [-0.2, -0.15) is 0 Å². The van der Waals surface area contributed by atoms with E-state index in [1.54, 1.807) is 19.2 Å². The second-order valence-electron chi connectivity index (χ2n) is 3.68. The summed E-state index contributed by atoms with van der Waals surface area (Å²) in [6.07, 6.45) is 0. The minimum absolute atomic E-state index is 0.249. The molecule has 0 unspecified atom stereocenters. The summed E-state index contributed by atoms with van der Waals surface area (Å²) in [6, 6.07) is 12.1. The molecule has 0 saturated heterocycles. The molecule has 0 aliphatic carbocycles. The molecule has 0 aliphatic heterocycles. The first-order valence-corrected chi connectivity index (χ1v) is 5.77. The molecule has 0 spiro atoms. The maximum Gasteiger partial charge on any atom is 0.126 e. The van der Waals surface area contributed by atoms with Crippen molar-refractivity contribution >= 4 is 11.6 Å². The smallest absolute Gasteiger partial charge is 0.126 e. The van der Waals surface area contributed by atoms with Crippen LogP contribution in [0.4, 0.5) is 4.39 Å². The fraction of sp³-hybridized carbons (Fsp3) is 0.143. The van der Waals surface area contributed by atoms with Gasteiger partial charge in [0.15, 0.2) is 0 Å². The molecule has 2 aromatic carbocycles. The maximum absolute atomic E-state index is 12.9. The highest BCUT2D eigenvalue weighted by Crippen LogP contribution is 2.31. The van der Waals surface area contributed by atoms with Crippen LogP contribution in [-0.2, 0) is 5.88 Å². The Labute approximate surface area is 105 Å². The Bertz CT molecular complexity index is 508. The normalized spacial score (nSPS) is 10.3. The van der Waals surface area contributed by atoms with E-state index in [2.05, 4.69) is 0 Å². The molecule has 1 nitrogen and oxygen atoms in total. The van der Waals surface area contributed by atoms with E-state index >= 15 is 0 Å². The highest BCUT2D eigenvalue weighted by atomic mass is 35.5. The van der Waals surface area contributed by atoms with E-state index in [-0.39, 0.29) is 5.82 Å². The lowest BCUT2D eigenvalue weighted by Crippen LogP contribution is -1.90. The van der Waals surface area contributed by atoms with E-state index in [1.165, 1.54) is 12.1 Å². The number of hydrogen-bond donors (Lipinski definition) is 0.